The van der Waals surface area contributed by atoms with Crippen molar-refractivity contribution in [2.75, 3.05) is 40.3 Å². The van der Waals surface area contributed by atoms with Gasteiger partial charge < -0.3 is 9.47 Å². The number of rotatable bonds is 5. The Morgan fingerprint density at radius 3 is 2.53 bits per heavy atom. The monoisotopic (exact) mass is 411 g/mol. The van der Waals surface area contributed by atoms with E-state index in [0.717, 1.165) is 54.8 Å². The van der Waals surface area contributed by atoms with E-state index in [2.05, 4.69) is 32.6 Å². The van der Waals surface area contributed by atoms with Crippen molar-refractivity contribution < 1.29 is 14.4 Å². The van der Waals surface area contributed by atoms with Crippen LogP contribution in [0.25, 0.3) is 10.9 Å². The van der Waals surface area contributed by atoms with Gasteiger partial charge in [0.05, 0.1) is 11.7 Å². The fraction of sp³-hybridized carbons (Fsp3) is 0.364. The number of nitrogens with zero attached hydrogens (tertiary/aromatic N) is 5. The Hall–Kier alpha value is -2.81. The first-order chi connectivity index (χ1) is 14.4. The van der Waals surface area contributed by atoms with Crippen LogP contribution < -0.4 is 0 Å². The fourth-order valence-corrected chi connectivity index (χ4v) is 3.83. The average Bonchev–Trinajstić information content (AvgIpc) is 3.07. The predicted molar refractivity (Wildman–Crippen MR) is 112 cm³/mol. The van der Waals surface area contributed by atoms with Crippen molar-refractivity contribution in [1.82, 2.24) is 24.4 Å². The molecular formula is C22H26FN5O2. The van der Waals surface area contributed by atoms with Crippen LogP contribution in [0.3, 0.4) is 0 Å². The van der Waals surface area contributed by atoms with Gasteiger partial charge in [0.15, 0.2) is 0 Å². The standard InChI is InChI=1S/C22H26FN5O2/c1-25-7-9-27(10-8-25)14-17-15-28(13-16-3-5-18(23)6-4-16)21-12-24-20(11-19(17)21)22(29)26(2)30/h3-6,11-12,15,30H,7-10,13-14H2,1-2H3. The van der Waals surface area contributed by atoms with Gasteiger partial charge in [-0.3, -0.25) is 14.9 Å². The Labute approximate surface area is 174 Å². The minimum Gasteiger partial charge on any atom is -0.341 e. The molecule has 1 amide bonds. The molecule has 0 radical (unpaired) electrons. The number of hydrogen-bond donors (Lipinski definition) is 1. The lowest BCUT2D eigenvalue weighted by molar-refractivity contribution is -0.0379. The summed E-state index contributed by atoms with van der Waals surface area (Å²) in [6.45, 7) is 5.36. The second-order valence-electron chi connectivity index (χ2n) is 7.90. The van der Waals surface area contributed by atoms with Gasteiger partial charge in [-0.15, -0.1) is 0 Å². The maximum Gasteiger partial charge on any atom is 0.295 e. The minimum absolute atomic E-state index is 0.201. The van der Waals surface area contributed by atoms with Crippen molar-refractivity contribution in [2.24, 2.45) is 0 Å². The van der Waals surface area contributed by atoms with E-state index in [9.17, 15) is 14.4 Å². The molecule has 7 nitrogen and oxygen atoms in total. The zero-order valence-electron chi connectivity index (χ0n) is 17.3. The number of hydrogen-bond acceptors (Lipinski definition) is 5. The van der Waals surface area contributed by atoms with Crippen LogP contribution in [0.1, 0.15) is 21.6 Å². The quantitative estimate of drug-likeness (QED) is 0.516. The van der Waals surface area contributed by atoms with E-state index in [1.807, 2.05) is 0 Å². The molecule has 1 fully saturated rings. The van der Waals surface area contributed by atoms with E-state index < -0.39 is 5.91 Å². The van der Waals surface area contributed by atoms with Crippen LogP contribution in [-0.2, 0) is 13.1 Å². The molecule has 1 aliphatic heterocycles. The van der Waals surface area contributed by atoms with Crippen LogP contribution in [0.15, 0.2) is 42.7 Å². The number of pyridine rings is 1. The molecule has 0 unspecified atom stereocenters. The molecule has 0 atom stereocenters. The Kier molecular flexibility index (Phi) is 5.80. The second-order valence-corrected chi connectivity index (χ2v) is 7.90. The van der Waals surface area contributed by atoms with Crippen LogP contribution in [0.2, 0.25) is 0 Å². The molecule has 1 aliphatic rings. The normalized spacial score (nSPS) is 15.6. The van der Waals surface area contributed by atoms with Crippen molar-refractivity contribution in [3.8, 4) is 0 Å². The summed E-state index contributed by atoms with van der Waals surface area (Å²) in [7, 11) is 3.42. The number of halogens is 1. The molecule has 3 aromatic rings. The highest BCUT2D eigenvalue weighted by atomic mass is 19.1. The van der Waals surface area contributed by atoms with Crippen molar-refractivity contribution in [2.45, 2.75) is 13.1 Å². The molecule has 4 rings (SSSR count). The number of likely N-dealkylation sites (N-methyl/N-ethyl adjacent to an activating group) is 1. The van der Waals surface area contributed by atoms with Crippen molar-refractivity contribution >= 4 is 16.8 Å². The third-order valence-electron chi connectivity index (χ3n) is 5.62. The number of piperazine rings is 1. The van der Waals surface area contributed by atoms with Gasteiger partial charge in [-0.25, -0.2) is 14.4 Å². The van der Waals surface area contributed by atoms with E-state index in [4.69, 9.17) is 0 Å². The largest absolute Gasteiger partial charge is 0.341 e. The predicted octanol–water partition coefficient (Wildman–Crippen LogP) is 2.43. The number of fused-ring (bicyclic) bond motifs is 1. The zero-order chi connectivity index (χ0) is 21.3. The van der Waals surface area contributed by atoms with E-state index in [0.29, 0.717) is 11.6 Å². The van der Waals surface area contributed by atoms with Gasteiger partial charge in [-0.2, -0.15) is 0 Å². The molecule has 0 saturated carbocycles. The van der Waals surface area contributed by atoms with E-state index in [1.165, 1.54) is 19.2 Å². The summed E-state index contributed by atoms with van der Waals surface area (Å²) in [5, 5.41) is 11.0. The smallest absolute Gasteiger partial charge is 0.295 e. The Morgan fingerprint density at radius 2 is 1.87 bits per heavy atom. The summed E-state index contributed by atoms with van der Waals surface area (Å²) >= 11 is 0. The molecule has 1 saturated heterocycles. The van der Waals surface area contributed by atoms with E-state index >= 15 is 0 Å². The number of aromatic nitrogens is 2. The molecular weight excluding hydrogens is 385 g/mol. The van der Waals surface area contributed by atoms with E-state index in [1.54, 1.807) is 24.4 Å². The number of benzene rings is 1. The van der Waals surface area contributed by atoms with Gasteiger partial charge in [0, 0.05) is 57.9 Å². The lowest BCUT2D eigenvalue weighted by Crippen LogP contribution is -2.43. The highest BCUT2D eigenvalue weighted by Gasteiger charge is 2.19. The van der Waals surface area contributed by atoms with E-state index in [-0.39, 0.29) is 11.5 Å². The van der Waals surface area contributed by atoms with Crippen molar-refractivity contribution in [1.29, 1.82) is 0 Å². The Morgan fingerprint density at radius 1 is 1.17 bits per heavy atom. The third kappa shape index (κ3) is 4.35. The maximum absolute atomic E-state index is 13.3. The first-order valence-electron chi connectivity index (χ1n) is 10.0. The van der Waals surface area contributed by atoms with Crippen LogP contribution in [0.4, 0.5) is 4.39 Å². The molecule has 30 heavy (non-hydrogen) atoms. The van der Waals surface area contributed by atoms with Crippen LogP contribution in [-0.4, -0.2) is 75.8 Å². The van der Waals surface area contributed by atoms with Gasteiger partial charge in [-0.1, -0.05) is 12.1 Å². The van der Waals surface area contributed by atoms with Gasteiger partial charge >= 0.3 is 0 Å². The Bertz CT molecular complexity index is 1040. The van der Waals surface area contributed by atoms with Crippen LogP contribution in [0, 0.1) is 5.82 Å². The molecule has 158 valence electrons. The highest BCUT2D eigenvalue weighted by Crippen LogP contribution is 2.25. The lowest BCUT2D eigenvalue weighted by atomic mass is 10.1. The van der Waals surface area contributed by atoms with Crippen LogP contribution in [0.5, 0.6) is 0 Å². The fourth-order valence-electron chi connectivity index (χ4n) is 3.83. The summed E-state index contributed by atoms with van der Waals surface area (Å²) in [5.41, 5.74) is 3.19. The molecule has 3 heterocycles. The number of carbonyl (C=O) groups is 1. The highest BCUT2D eigenvalue weighted by molar-refractivity contribution is 5.96. The number of amides is 1. The van der Waals surface area contributed by atoms with Crippen molar-refractivity contribution in [3.05, 3.63) is 65.4 Å². The summed E-state index contributed by atoms with van der Waals surface area (Å²) in [4.78, 5) is 21.2. The van der Waals surface area contributed by atoms with Gasteiger partial charge in [-0.05, 0) is 36.4 Å². The first-order valence-corrected chi connectivity index (χ1v) is 10.0. The number of hydroxylamine groups is 2. The number of carbonyl (C=O) groups excluding carboxylic acids is 1. The molecule has 1 N–H and O–H groups in total. The molecule has 0 spiro atoms. The summed E-state index contributed by atoms with van der Waals surface area (Å²) in [6.07, 6.45) is 3.76. The average molecular weight is 411 g/mol. The second kappa shape index (κ2) is 8.51. The minimum atomic E-state index is -0.547. The first kappa shape index (κ1) is 20.5. The molecule has 0 aliphatic carbocycles. The third-order valence-corrected chi connectivity index (χ3v) is 5.62. The molecule has 2 aromatic heterocycles. The SMILES string of the molecule is CN1CCN(Cc2cn(Cc3ccc(F)cc3)c3cnc(C(=O)N(C)O)cc23)CC1. The van der Waals surface area contributed by atoms with Gasteiger partial charge in [0.2, 0.25) is 0 Å². The lowest BCUT2D eigenvalue weighted by Gasteiger charge is -2.32. The molecule has 0 bridgehead atoms. The van der Waals surface area contributed by atoms with Crippen molar-refractivity contribution in [3.63, 3.8) is 0 Å². The summed E-state index contributed by atoms with van der Waals surface area (Å²) < 4.78 is 15.4. The maximum atomic E-state index is 13.3. The topological polar surface area (TPSA) is 64.8 Å². The summed E-state index contributed by atoms with van der Waals surface area (Å²) in [6, 6.07) is 8.20. The summed E-state index contributed by atoms with van der Waals surface area (Å²) in [5.74, 6) is -0.807. The molecule has 8 heteroatoms. The molecule has 1 aromatic carbocycles. The Balaban J connectivity index is 1.70. The van der Waals surface area contributed by atoms with Gasteiger partial charge in [0.1, 0.15) is 11.5 Å². The van der Waals surface area contributed by atoms with Gasteiger partial charge in [0.25, 0.3) is 5.91 Å². The zero-order valence-corrected chi connectivity index (χ0v) is 17.3. The van der Waals surface area contributed by atoms with Crippen LogP contribution >= 0.6 is 0 Å².